The van der Waals surface area contributed by atoms with Gasteiger partial charge in [0.15, 0.2) is 6.61 Å². The summed E-state index contributed by atoms with van der Waals surface area (Å²) in [6.45, 7) is 5.52. The SMILES string of the molecule is CCC(CC)NC(=O)COc1ccc(S(=O)(=O)Cl)c(C)c1. The highest BCUT2D eigenvalue weighted by molar-refractivity contribution is 8.13. The minimum absolute atomic E-state index is 0.0398. The van der Waals surface area contributed by atoms with Crippen molar-refractivity contribution < 1.29 is 17.9 Å². The predicted molar refractivity (Wildman–Crippen MR) is 82.2 cm³/mol. The van der Waals surface area contributed by atoms with Gasteiger partial charge in [0.2, 0.25) is 0 Å². The van der Waals surface area contributed by atoms with Gasteiger partial charge in [0.25, 0.3) is 15.0 Å². The molecule has 1 aromatic rings. The second-order valence-electron chi connectivity index (χ2n) is 4.73. The molecule has 0 fully saturated rings. The first-order valence-electron chi connectivity index (χ1n) is 6.75. The zero-order chi connectivity index (χ0) is 16.0. The maximum Gasteiger partial charge on any atom is 0.261 e. The Hall–Kier alpha value is -1.27. The minimum Gasteiger partial charge on any atom is -0.484 e. The normalized spacial score (nSPS) is 11.5. The summed E-state index contributed by atoms with van der Waals surface area (Å²) in [4.78, 5) is 11.7. The second-order valence-corrected chi connectivity index (χ2v) is 7.27. The highest BCUT2D eigenvalue weighted by Gasteiger charge is 2.14. The van der Waals surface area contributed by atoms with Crippen molar-refractivity contribution in [3.63, 3.8) is 0 Å². The van der Waals surface area contributed by atoms with Crippen molar-refractivity contribution in [1.82, 2.24) is 5.32 Å². The highest BCUT2D eigenvalue weighted by Crippen LogP contribution is 2.23. The van der Waals surface area contributed by atoms with Crippen LogP contribution >= 0.6 is 10.7 Å². The lowest BCUT2D eigenvalue weighted by atomic mass is 10.2. The molecular formula is C14H20ClNO4S. The van der Waals surface area contributed by atoms with Gasteiger partial charge in [-0.1, -0.05) is 13.8 Å². The molecule has 0 heterocycles. The van der Waals surface area contributed by atoms with Gasteiger partial charge in [-0.2, -0.15) is 0 Å². The number of nitrogens with one attached hydrogen (secondary N) is 1. The van der Waals surface area contributed by atoms with Gasteiger partial charge in [-0.3, -0.25) is 4.79 Å². The van der Waals surface area contributed by atoms with Crippen LogP contribution in [0.15, 0.2) is 23.1 Å². The van der Waals surface area contributed by atoms with Gasteiger partial charge in [-0.15, -0.1) is 0 Å². The largest absolute Gasteiger partial charge is 0.484 e. The van der Waals surface area contributed by atoms with Crippen molar-refractivity contribution in [2.45, 2.75) is 44.6 Å². The average Bonchev–Trinajstić information content (AvgIpc) is 2.41. The number of hydrogen-bond donors (Lipinski definition) is 1. The van der Waals surface area contributed by atoms with Gasteiger partial charge in [0.05, 0.1) is 4.90 Å². The van der Waals surface area contributed by atoms with Crippen LogP contribution in [0.3, 0.4) is 0 Å². The molecular weight excluding hydrogens is 314 g/mol. The molecule has 118 valence electrons. The lowest BCUT2D eigenvalue weighted by Crippen LogP contribution is -2.37. The Labute approximate surface area is 130 Å². The van der Waals surface area contributed by atoms with Crippen LogP contribution < -0.4 is 10.1 Å². The second kappa shape index (κ2) is 7.66. The summed E-state index contributed by atoms with van der Waals surface area (Å²) in [5.41, 5.74) is 0.475. The predicted octanol–water partition coefficient (Wildman–Crippen LogP) is 2.61. The molecule has 0 radical (unpaired) electrons. The number of benzene rings is 1. The van der Waals surface area contributed by atoms with Crippen LogP contribution in [-0.4, -0.2) is 27.0 Å². The topological polar surface area (TPSA) is 72.5 Å². The van der Waals surface area contributed by atoms with E-state index in [1.807, 2.05) is 13.8 Å². The Morgan fingerprint density at radius 1 is 1.33 bits per heavy atom. The lowest BCUT2D eigenvalue weighted by Gasteiger charge is -2.15. The average molecular weight is 334 g/mol. The summed E-state index contributed by atoms with van der Waals surface area (Å²) in [7, 11) is 1.53. The molecule has 0 bridgehead atoms. The van der Waals surface area contributed by atoms with Crippen LogP contribution in [0.2, 0.25) is 0 Å². The Balaban J connectivity index is 2.65. The maximum absolute atomic E-state index is 11.7. The van der Waals surface area contributed by atoms with Gasteiger partial charge >= 0.3 is 0 Å². The number of rotatable bonds is 7. The highest BCUT2D eigenvalue weighted by atomic mass is 35.7. The first kappa shape index (κ1) is 17.8. The van der Waals surface area contributed by atoms with E-state index in [4.69, 9.17) is 15.4 Å². The zero-order valence-corrected chi connectivity index (χ0v) is 13.9. The van der Waals surface area contributed by atoms with E-state index in [9.17, 15) is 13.2 Å². The molecule has 0 aromatic heterocycles. The summed E-state index contributed by atoms with van der Waals surface area (Å²) in [6, 6.07) is 4.53. The summed E-state index contributed by atoms with van der Waals surface area (Å²) in [5.74, 6) is 0.228. The molecule has 1 N–H and O–H groups in total. The zero-order valence-electron chi connectivity index (χ0n) is 12.3. The molecule has 5 nitrogen and oxygen atoms in total. The summed E-state index contributed by atoms with van der Waals surface area (Å²) >= 11 is 0. The monoisotopic (exact) mass is 333 g/mol. The van der Waals surface area contributed by atoms with Gasteiger partial charge in [-0.25, -0.2) is 8.42 Å². The van der Waals surface area contributed by atoms with E-state index in [1.54, 1.807) is 13.0 Å². The molecule has 0 aliphatic carbocycles. The molecule has 0 aliphatic rings. The number of ether oxygens (including phenoxy) is 1. The summed E-state index contributed by atoms with van der Waals surface area (Å²) in [6.07, 6.45) is 1.73. The van der Waals surface area contributed by atoms with Crippen LogP contribution in [0.25, 0.3) is 0 Å². The van der Waals surface area contributed by atoms with E-state index in [1.165, 1.54) is 12.1 Å². The minimum atomic E-state index is -3.77. The van der Waals surface area contributed by atoms with E-state index < -0.39 is 9.05 Å². The van der Waals surface area contributed by atoms with Crippen molar-refractivity contribution in [3.05, 3.63) is 23.8 Å². The number of amides is 1. The van der Waals surface area contributed by atoms with Crippen molar-refractivity contribution in [2.75, 3.05) is 6.61 Å². The fourth-order valence-corrected chi connectivity index (χ4v) is 3.09. The van der Waals surface area contributed by atoms with E-state index >= 15 is 0 Å². The van der Waals surface area contributed by atoms with Crippen molar-refractivity contribution in [2.24, 2.45) is 0 Å². The quantitative estimate of drug-likeness (QED) is 0.778. The Morgan fingerprint density at radius 3 is 2.43 bits per heavy atom. The number of halogens is 1. The molecule has 0 atom stereocenters. The fourth-order valence-electron chi connectivity index (χ4n) is 1.90. The van der Waals surface area contributed by atoms with E-state index in [2.05, 4.69) is 5.32 Å². The van der Waals surface area contributed by atoms with E-state index in [0.717, 1.165) is 12.8 Å². The smallest absolute Gasteiger partial charge is 0.261 e. The molecule has 0 aliphatic heterocycles. The Kier molecular flexibility index (Phi) is 6.48. The first-order valence-corrected chi connectivity index (χ1v) is 9.06. The van der Waals surface area contributed by atoms with E-state index in [0.29, 0.717) is 11.3 Å². The molecule has 0 saturated carbocycles. The molecule has 7 heteroatoms. The first-order chi connectivity index (χ1) is 9.77. The van der Waals surface area contributed by atoms with Crippen LogP contribution in [0.5, 0.6) is 5.75 Å². The van der Waals surface area contributed by atoms with Gasteiger partial charge < -0.3 is 10.1 Å². The molecule has 1 rings (SSSR count). The molecule has 0 unspecified atom stereocenters. The van der Waals surface area contributed by atoms with Gasteiger partial charge in [0, 0.05) is 16.7 Å². The summed E-state index contributed by atoms with van der Waals surface area (Å²) in [5, 5.41) is 2.86. The van der Waals surface area contributed by atoms with Crippen molar-refractivity contribution in [1.29, 1.82) is 0 Å². The van der Waals surface area contributed by atoms with Crippen molar-refractivity contribution in [3.8, 4) is 5.75 Å². The van der Waals surface area contributed by atoms with Crippen LogP contribution in [0, 0.1) is 6.92 Å². The molecule has 0 spiro atoms. The third-order valence-corrected chi connectivity index (χ3v) is 4.61. The maximum atomic E-state index is 11.7. The third-order valence-electron chi connectivity index (χ3n) is 3.13. The molecule has 1 aromatic carbocycles. The number of carbonyl (C=O) groups is 1. The third kappa shape index (κ3) is 5.55. The fraction of sp³-hybridized carbons (Fsp3) is 0.500. The van der Waals surface area contributed by atoms with Crippen molar-refractivity contribution >= 4 is 25.6 Å². The number of hydrogen-bond acceptors (Lipinski definition) is 4. The standard InChI is InChI=1S/C14H20ClNO4S/c1-4-11(5-2)16-14(17)9-20-12-6-7-13(10(3)8-12)21(15,18)19/h6-8,11H,4-5,9H2,1-3H3,(H,16,17). The van der Waals surface area contributed by atoms with E-state index in [-0.39, 0.29) is 23.5 Å². The number of aryl methyl sites for hydroxylation is 1. The van der Waals surface area contributed by atoms with Gasteiger partial charge in [-0.05, 0) is 43.5 Å². The van der Waals surface area contributed by atoms with Crippen LogP contribution in [0.1, 0.15) is 32.3 Å². The van der Waals surface area contributed by atoms with Crippen LogP contribution in [0.4, 0.5) is 0 Å². The summed E-state index contributed by atoms with van der Waals surface area (Å²) < 4.78 is 27.9. The number of carbonyl (C=O) groups excluding carboxylic acids is 1. The molecule has 21 heavy (non-hydrogen) atoms. The Morgan fingerprint density at radius 2 is 1.95 bits per heavy atom. The van der Waals surface area contributed by atoms with Gasteiger partial charge in [0.1, 0.15) is 5.75 Å². The van der Waals surface area contributed by atoms with Crippen LogP contribution in [-0.2, 0) is 13.8 Å². The molecule has 1 amide bonds. The lowest BCUT2D eigenvalue weighted by molar-refractivity contribution is -0.123. The molecule has 0 saturated heterocycles. The Bertz CT molecular complexity index is 597.